The molecular formula is C10H19N. The fourth-order valence-corrected chi connectivity index (χ4v) is 1.63. The monoisotopic (exact) mass is 153 g/mol. The summed E-state index contributed by atoms with van der Waals surface area (Å²) in [5, 5.41) is 0. The molecule has 11 heavy (non-hydrogen) atoms. The molecule has 1 aliphatic carbocycles. The molecule has 0 aromatic rings. The van der Waals surface area contributed by atoms with Crippen molar-refractivity contribution in [2.75, 3.05) is 0 Å². The molecule has 0 aliphatic heterocycles. The molecule has 1 saturated carbocycles. The number of nitrogens with two attached hydrogens (primary N) is 1. The molecule has 0 spiro atoms. The fourth-order valence-electron chi connectivity index (χ4n) is 1.63. The van der Waals surface area contributed by atoms with Crippen molar-refractivity contribution in [3.63, 3.8) is 0 Å². The highest BCUT2D eigenvalue weighted by Crippen LogP contribution is 2.30. The fraction of sp³-hybridized carbons (Fsp3) is 0.800. The Bertz CT molecular complexity index is 164. The molecule has 0 aromatic heterocycles. The molecule has 0 unspecified atom stereocenters. The van der Waals surface area contributed by atoms with E-state index < -0.39 is 0 Å². The van der Waals surface area contributed by atoms with Crippen LogP contribution < -0.4 is 5.73 Å². The molecule has 0 radical (unpaired) electrons. The van der Waals surface area contributed by atoms with Crippen LogP contribution in [0.5, 0.6) is 0 Å². The maximum Gasteiger partial charge on any atom is 0.0311 e. The molecular weight excluding hydrogens is 134 g/mol. The third-order valence-electron chi connectivity index (χ3n) is 2.70. The smallest absolute Gasteiger partial charge is 0.0311 e. The summed E-state index contributed by atoms with van der Waals surface area (Å²) in [6.07, 6.45) is 5.30. The first-order chi connectivity index (χ1) is 5.02. The predicted molar refractivity (Wildman–Crippen MR) is 49.4 cm³/mol. The molecule has 0 atom stereocenters. The van der Waals surface area contributed by atoms with Gasteiger partial charge in [-0.2, -0.15) is 0 Å². The van der Waals surface area contributed by atoms with Gasteiger partial charge in [-0.15, -0.1) is 0 Å². The van der Waals surface area contributed by atoms with Crippen LogP contribution in [-0.4, -0.2) is 5.54 Å². The number of allylic oxidation sites excluding steroid dienone is 1. The van der Waals surface area contributed by atoms with Crippen LogP contribution in [0, 0.1) is 0 Å². The largest absolute Gasteiger partial charge is 0.322 e. The van der Waals surface area contributed by atoms with Gasteiger partial charge >= 0.3 is 0 Å². The van der Waals surface area contributed by atoms with E-state index in [1.165, 1.54) is 31.3 Å². The minimum atomic E-state index is -0.0975. The van der Waals surface area contributed by atoms with E-state index in [2.05, 4.69) is 20.8 Å². The average molecular weight is 153 g/mol. The van der Waals surface area contributed by atoms with Gasteiger partial charge in [0.1, 0.15) is 0 Å². The SMILES string of the molecule is CC(=C1CCCC1)C(C)(C)N. The summed E-state index contributed by atoms with van der Waals surface area (Å²) in [6, 6.07) is 0. The van der Waals surface area contributed by atoms with E-state index in [9.17, 15) is 0 Å². The molecule has 1 heteroatoms. The van der Waals surface area contributed by atoms with Crippen LogP contribution in [0.25, 0.3) is 0 Å². The Morgan fingerprint density at radius 3 is 2.09 bits per heavy atom. The summed E-state index contributed by atoms with van der Waals surface area (Å²) in [5.74, 6) is 0. The Hall–Kier alpha value is -0.300. The number of rotatable bonds is 1. The summed E-state index contributed by atoms with van der Waals surface area (Å²) in [5.41, 5.74) is 8.92. The Morgan fingerprint density at radius 1 is 1.27 bits per heavy atom. The summed E-state index contributed by atoms with van der Waals surface area (Å²) >= 11 is 0. The molecule has 2 N–H and O–H groups in total. The molecule has 1 nitrogen and oxygen atoms in total. The molecule has 1 fully saturated rings. The predicted octanol–water partition coefficient (Wildman–Crippen LogP) is 2.61. The summed E-state index contributed by atoms with van der Waals surface area (Å²) in [7, 11) is 0. The second kappa shape index (κ2) is 2.98. The zero-order valence-corrected chi connectivity index (χ0v) is 7.91. The lowest BCUT2D eigenvalue weighted by Gasteiger charge is -2.22. The van der Waals surface area contributed by atoms with Gasteiger partial charge in [0, 0.05) is 5.54 Å². The Morgan fingerprint density at radius 2 is 1.73 bits per heavy atom. The highest BCUT2D eigenvalue weighted by molar-refractivity contribution is 5.23. The van der Waals surface area contributed by atoms with Crippen molar-refractivity contribution < 1.29 is 0 Å². The quantitative estimate of drug-likeness (QED) is 0.576. The zero-order chi connectivity index (χ0) is 8.48. The highest BCUT2D eigenvalue weighted by atomic mass is 14.7. The second-order valence-electron chi connectivity index (χ2n) is 4.16. The second-order valence-corrected chi connectivity index (χ2v) is 4.16. The van der Waals surface area contributed by atoms with E-state index in [1.807, 2.05) is 0 Å². The van der Waals surface area contributed by atoms with E-state index in [0.29, 0.717) is 0 Å². The topological polar surface area (TPSA) is 26.0 Å². The van der Waals surface area contributed by atoms with Crippen molar-refractivity contribution in [3.05, 3.63) is 11.1 Å². The van der Waals surface area contributed by atoms with Crippen LogP contribution in [0.2, 0.25) is 0 Å². The molecule has 0 bridgehead atoms. The molecule has 0 aromatic carbocycles. The maximum absolute atomic E-state index is 6.00. The van der Waals surface area contributed by atoms with E-state index >= 15 is 0 Å². The summed E-state index contributed by atoms with van der Waals surface area (Å²) < 4.78 is 0. The standard InChI is InChI=1S/C10H19N/c1-8(10(2,3)11)9-6-4-5-7-9/h4-7,11H2,1-3H3. The van der Waals surface area contributed by atoms with E-state index in [-0.39, 0.29) is 5.54 Å². The van der Waals surface area contributed by atoms with E-state index in [4.69, 9.17) is 5.73 Å². The van der Waals surface area contributed by atoms with Gasteiger partial charge in [0.15, 0.2) is 0 Å². The summed E-state index contributed by atoms with van der Waals surface area (Å²) in [6.45, 7) is 6.36. The average Bonchev–Trinajstić information content (AvgIpc) is 2.34. The lowest BCUT2D eigenvalue weighted by molar-refractivity contribution is 0.600. The van der Waals surface area contributed by atoms with Crippen molar-refractivity contribution in [1.29, 1.82) is 0 Å². The third kappa shape index (κ3) is 2.06. The molecule has 1 aliphatic rings. The minimum Gasteiger partial charge on any atom is -0.322 e. The lowest BCUT2D eigenvalue weighted by atomic mass is 9.91. The van der Waals surface area contributed by atoms with Gasteiger partial charge in [-0.25, -0.2) is 0 Å². The van der Waals surface area contributed by atoms with Crippen molar-refractivity contribution in [3.8, 4) is 0 Å². The van der Waals surface area contributed by atoms with Crippen molar-refractivity contribution >= 4 is 0 Å². The van der Waals surface area contributed by atoms with Crippen LogP contribution >= 0.6 is 0 Å². The zero-order valence-electron chi connectivity index (χ0n) is 7.91. The highest BCUT2D eigenvalue weighted by Gasteiger charge is 2.19. The van der Waals surface area contributed by atoms with Gasteiger partial charge in [-0.05, 0) is 46.5 Å². The Balaban J connectivity index is 2.77. The van der Waals surface area contributed by atoms with Gasteiger partial charge < -0.3 is 5.73 Å². The molecule has 1 rings (SSSR count). The van der Waals surface area contributed by atoms with E-state index in [0.717, 1.165) is 0 Å². The number of hydrogen-bond acceptors (Lipinski definition) is 1. The lowest BCUT2D eigenvalue weighted by Crippen LogP contribution is -2.33. The first-order valence-electron chi connectivity index (χ1n) is 4.50. The van der Waals surface area contributed by atoms with Gasteiger partial charge in [0.25, 0.3) is 0 Å². The number of hydrogen-bond donors (Lipinski definition) is 1. The van der Waals surface area contributed by atoms with Crippen molar-refractivity contribution in [1.82, 2.24) is 0 Å². The molecule has 0 heterocycles. The van der Waals surface area contributed by atoms with Gasteiger partial charge in [-0.3, -0.25) is 0 Å². The van der Waals surface area contributed by atoms with E-state index in [1.54, 1.807) is 5.57 Å². The van der Waals surface area contributed by atoms with Crippen LogP contribution in [0.15, 0.2) is 11.1 Å². The Kier molecular flexibility index (Phi) is 2.38. The normalized spacial score (nSPS) is 19.1. The molecule has 0 amide bonds. The van der Waals surface area contributed by atoms with Crippen LogP contribution in [0.4, 0.5) is 0 Å². The third-order valence-corrected chi connectivity index (χ3v) is 2.70. The molecule has 0 saturated heterocycles. The van der Waals surface area contributed by atoms with Crippen LogP contribution in [0.1, 0.15) is 46.5 Å². The first kappa shape index (κ1) is 8.79. The van der Waals surface area contributed by atoms with Crippen LogP contribution in [-0.2, 0) is 0 Å². The Labute approximate surface area is 69.7 Å². The van der Waals surface area contributed by atoms with Gasteiger partial charge in [0.05, 0.1) is 0 Å². The van der Waals surface area contributed by atoms with Crippen molar-refractivity contribution in [2.45, 2.75) is 52.0 Å². The van der Waals surface area contributed by atoms with Gasteiger partial charge in [0.2, 0.25) is 0 Å². The van der Waals surface area contributed by atoms with Crippen LogP contribution in [0.3, 0.4) is 0 Å². The minimum absolute atomic E-state index is 0.0975. The summed E-state index contributed by atoms with van der Waals surface area (Å²) in [4.78, 5) is 0. The van der Waals surface area contributed by atoms with Crippen molar-refractivity contribution in [2.24, 2.45) is 5.73 Å². The maximum atomic E-state index is 6.00. The molecule has 64 valence electrons. The first-order valence-corrected chi connectivity index (χ1v) is 4.50. The van der Waals surface area contributed by atoms with Gasteiger partial charge in [-0.1, -0.05) is 11.1 Å².